The number of hydrogen-bond acceptors (Lipinski definition) is 4. The third kappa shape index (κ3) is 3.36. The first kappa shape index (κ1) is 23.5. The maximum absolute atomic E-state index is 5.49. The van der Waals surface area contributed by atoms with Crippen molar-refractivity contribution in [2.75, 3.05) is 0 Å². The van der Waals surface area contributed by atoms with Crippen LogP contribution in [0.25, 0.3) is 86.3 Å². The van der Waals surface area contributed by atoms with Gasteiger partial charge in [-0.1, -0.05) is 115 Å². The first-order valence-corrected chi connectivity index (χ1v) is 14.9. The molecule has 0 bridgehead atoms. The summed E-state index contributed by atoms with van der Waals surface area (Å²) < 4.78 is 2.47. The van der Waals surface area contributed by atoms with Crippen LogP contribution in [-0.4, -0.2) is 15.0 Å². The van der Waals surface area contributed by atoms with Crippen LogP contribution in [0.3, 0.4) is 0 Å². The molecule has 0 aliphatic rings. The SMILES string of the molecule is Cc1ccc(-c2nc(-c3nc4c5sc6ccccc6c5c5ccccc5c4c4ccccc34)nc3ccccc23)cc1. The highest BCUT2D eigenvalue weighted by atomic mass is 32.1. The summed E-state index contributed by atoms with van der Waals surface area (Å²) in [6.45, 7) is 2.11. The van der Waals surface area contributed by atoms with E-state index in [1.54, 1.807) is 0 Å². The van der Waals surface area contributed by atoms with Gasteiger partial charge in [-0.3, -0.25) is 0 Å². The van der Waals surface area contributed by atoms with Crippen LogP contribution in [0.15, 0.2) is 121 Å². The van der Waals surface area contributed by atoms with Crippen molar-refractivity contribution in [3.8, 4) is 22.8 Å². The van der Waals surface area contributed by atoms with Gasteiger partial charge in [-0.2, -0.15) is 0 Å². The number of pyridine rings is 1. The predicted molar refractivity (Wildman–Crippen MR) is 178 cm³/mol. The maximum atomic E-state index is 5.49. The van der Waals surface area contributed by atoms with Crippen LogP contribution in [0.4, 0.5) is 0 Å². The van der Waals surface area contributed by atoms with Crippen LogP contribution < -0.4 is 0 Å². The van der Waals surface area contributed by atoms with Gasteiger partial charge in [-0.05, 0) is 35.2 Å². The van der Waals surface area contributed by atoms with Crippen molar-refractivity contribution < 1.29 is 0 Å². The van der Waals surface area contributed by atoms with Gasteiger partial charge in [0.2, 0.25) is 0 Å². The van der Waals surface area contributed by atoms with Gasteiger partial charge in [0.05, 0.1) is 21.4 Å². The average Bonchev–Trinajstić information content (AvgIpc) is 3.44. The summed E-state index contributed by atoms with van der Waals surface area (Å²) in [5, 5.41) is 9.47. The first-order valence-electron chi connectivity index (χ1n) is 14.1. The molecule has 0 N–H and O–H groups in total. The van der Waals surface area contributed by atoms with Crippen molar-refractivity contribution >= 4 is 74.9 Å². The number of rotatable bonds is 2. The summed E-state index contributed by atoms with van der Waals surface area (Å²) in [6, 6.07) is 42.8. The van der Waals surface area contributed by atoms with E-state index in [0.717, 1.165) is 38.8 Å². The molecule has 0 saturated carbocycles. The smallest absolute Gasteiger partial charge is 0.179 e. The highest BCUT2D eigenvalue weighted by molar-refractivity contribution is 7.27. The number of thiophene rings is 1. The third-order valence-electron chi connectivity index (χ3n) is 8.33. The maximum Gasteiger partial charge on any atom is 0.179 e. The molecule has 0 atom stereocenters. The molecular formula is C38H23N3S. The molecule has 9 aromatic rings. The molecular weight excluding hydrogens is 531 g/mol. The van der Waals surface area contributed by atoms with Gasteiger partial charge >= 0.3 is 0 Å². The first-order chi connectivity index (χ1) is 20.7. The molecule has 0 radical (unpaired) electrons. The van der Waals surface area contributed by atoms with E-state index in [1.165, 1.54) is 47.3 Å². The largest absolute Gasteiger partial charge is 0.242 e. The molecule has 0 aliphatic heterocycles. The molecule has 0 amide bonds. The minimum Gasteiger partial charge on any atom is -0.242 e. The second-order valence-electron chi connectivity index (χ2n) is 10.9. The van der Waals surface area contributed by atoms with Crippen LogP contribution in [0, 0.1) is 6.92 Å². The van der Waals surface area contributed by atoms with Crippen molar-refractivity contribution in [2.24, 2.45) is 0 Å². The Hall–Kier alpha value is -5.19. The number of benzene rings is 6. The third-order valence-corrected chi connectivity index (χ3v) is 9.51. The summed E-state index contributed by atoms with van der Waals surface area (Å²) in [7, 11) is 0. The lowest BCUT2D eigenvalue weighted by Gasteiger charge is -2.14. The Morgan fingerprint density at radius 3 is 1.83 bits per heavy atom. The van der Waals surface area contributed by atoms with Gasteiger partial charge in [0.25, 0.3) is 0 Å². The van der Waals surface area contributed by atoms with E-state index in [0.29, 0.717) is 5.82 Å². The molecule has 0 unspecified atom stereocenters. The molecule has 4 heteroatoms. The fourth-order valence-electron chi connectivity index (χ4n) is 6.38. The van der Waals surface area contributed by atoms with Gasteiger partial charge < -0.3 is 0 Å². The van der Waals surface area contributed by atoms with Gasteiger partial charge in [-0.25, -0.2) is 15.0 Å². The van der Waals surface area contributed by atoms with Crippen molar-refractivity contribution in [1.29, 1.82) is 0 Å². The molecule has 42 heavy (non-hydrogen) atoms. The average molecular weight is 554 g/mol. The Kier molecular flexibility index (Phi) is 4.98. The van der Waals surface area contributed by atoms with E-state index in [1.807, 2.05) is 17.4 Å². The van der Waals surface area contributed by atoms with E-state index in [9.17, 15) is 0 Å². The Morgan fingerprint density at radius 1 is 0.476 bits per heavy atom. The van der Waals surface area contributed by atoms with Gasteiger partial charge in [-0.15, -0.1) is 11.3 Å². The van der Waals surface area contributed by atoms with E-state index in [4.69, 9.17) is 15.0 Å². The van der Waals surface area contributed by atoms with Crippen molar-refractivity contribution in [2.45, 2.75) is 6.92 Å². The highest BCUT2D eigenvalue weighted by Crippen LogP contribution is 2.46. The molecule has 3 aromatic heterocycles. The zero-order valence-electron chi connectivity index (χ0n) is 22.8. The fourth-order valence-corrected chi connectivity index (χ4v) is 7.60. The molecule has 0 aliphatic carbocycles. The fraction of sp³-hybridized carbons (Fsp3) is 0.0263. The van der Waals surface area contributed by atoms with Crippen LogP contribution in [-0.2, 0) is 0 Å². The topological polar surface area (TPSA) is 38.7 Å². The van der Waals surface area contributed by atoms with Crippen LogP contribution in [0.1, 0.15) is 5.56 Å². The minimum atomic E-state index is 0.643. The number of aryl methyl sites for hydroxylation is 1. The number of hydrogen-bond donors (Lipinski definition) is 0. The van der Waals surface area contributed by atoms with Gasteiger partial charge in [0.1, 0.15) is 5.69 Å². The number of fused-ring (bicyclic) bond motifs is 11. The molecule has 0 saturated heterocycles. The van der Waals surface area contributed by atoms with E-state index >= 15 is 0 Å². The standard InChI is InChI=1S/C38H23N3S/c1-22-18-20-23(21-19-22)34-28-14-6-8-16-30(28)39-38(41-34)35-27-13-5-4-12-26(27)32-24-10-2-3-11-25(24)33-29-15-7-9-17-31(29)42-37(33)36(32)40-35/h2-21H,1H3. The van der Waals surface area contributed by atoms with E-state index < -0.39 is 0 Å². The molecule has 196 valence electrons. The Bertz CT molecular complexity index is 2530. The summed E-state index contributed by atoms with van der Waals surface area (Å²) >= 11 is 1.82. The van der Waals surface area contributed by atoms with Crippen molar-refractivity contribution in [1.82, 2.24) is 15.0 Å². The summed E-state index contributed by atoms with van der Waals surface area (Å²) in [4.78, 5) is 15.9. The zero-order valence-corrected chi connectivity index (χ0v) is 23.6. The lowest BCUT2D eigenvalue weighted by atomic mass is 9.95. The summed E-state index contributed by atoms with van der Waals surface area (Å²) in [6.07, 6.45) is 0. The molecule has 0 spiro atoms. The lowest BCUT2D eigenvalue weighted by Crippen LogP contribution is -1.99. The normalized spacial score (nSPS) is 11.9. The molecule has 6 aromatic carbocycles. The van der Waals surface area contributed by atoms with Gasteiger partial charge in [0.15, 0.2) is 5.82 Å². The minimum absolute atomic E-state index is 0.643. The van der Waals surface area contributed by atoms with Crippen molar-refractivity contribution in [3.05, 3.63) is 127 Å². The summed E-state index contributed by atoms with van der Waals surface area (Å²) in [5.41, 5.74) is 5.95. The van der Waals surface area contributed by atoms with Gasteiger partial charge in [0, 0.05) is 37.2 Å². The Morgan fingerprint density at radius 2 is 1.07 bits per heavy atom. The second-order valence-corrected chi connectivity index (χ2v) is 11.9. The van der Waals surface area contributed by atoms with E-state index in [-0.39, 0.29) is 0 Å². The molecule has 0 fully saturated rings. The second kappa shape index (κ2) is 8.90. The van der Waals surface area contributed by atoms with Crippen LogP contribution in [0.5, 0.6) is 0 Å². The Labute approximate surface area is 245 Å². The van der Waals surface area contributed by atoms with Crippen LogP contribution >= 0.6 is 11.3 Å². The summed E-state index contributed by atoms with van der Waals surface area (Å²) in [5.74, 6) is 0.643. The zero-order chi connectivity index (χ0) is 27.8. The van der Waals surface area contributed by atoms with E-state index in [2.05, 4.69) is 122 Å². The molecule has 3 nitrogen and oxygen atoms in total. The quantitative estimate of drug-likeness (QED) is 0.200. The highest BCUT2D eigenvalue weighted by Gasteiger charge is 2.21. The van der Waals surface area contributed by atoms with Crippen LogP contribution in [0.2, 0.25) is 0 Å². The lowest BCUT2D eigenvalue weighted by molar-refractivity contribution is 1.20. The predicted octanol–water partition coefficient (Wildman–Crippen LogP) is 10.5. The molecule has 9 rings (SSSR count). The van der Waals surface area contributed by atoms with Crippen molar-refractivity contribution in [3.63, 3.8) is 0 Å². The number of nitrogens with zero attached hydrogens (tertiary/aromatic N) is 3. The number of aromatic nitrogens is 3. The monoisotopic (exact) mass is 553 g/mol. The number of para-hydroxylation sites is 1. The molecule has 3 heterocycles. The Balaban J connectivity index is 1.46.